The molecule has 1 N–H and O–H groups in total. The molecular formula is C16H29INO5. The summed E-state index contributed by atoms with van der Waals surface area (Å²) >= 11 is 1.99. The number of carbonyl (C=O) groups excluding carboxylic acids is 1. The maximum atomic E-state index is 12.3. The van der Waals surface area contributed by atoms with Crippen molar-refractivity contribution in [2.75, 3.05) is 13.2 Å². The lowest BCUT2D eigenvalue weighted by Gasteiger charge is -2.49. The predicted molar refractivity (Wildman–Crippen MR) is 94.7 cm³/mol. The number of aliphatic hydroxyl groups excluding tert-OH is 1. The van der Waals surface area contributed by atoms with E-state index in [9.17, 15) is 15.1 Å². The summed E-state index contributed by atoms with van der Waals surface area (Å²) in [5, 5.41) is 23.3. The minimum Gasteiger partial charge on any atom is -0.462 e. The molecule has 0 aliphatic carbocycles. The first kappa shape index (κ1) is 21.1. The number of hydrogen-bond acceptors (Lipinski definition) is 5. The molecule has 1 unspecified atom stereocenters. The molecule has 0 aromatic heterocycles. The Morgan fingerprint density at radius 1 is 1.26 bits per heavy atom. The van der Waals surface area contributed by atoms with E-state index in [4.69, 9.17) is 9.47 Å². The highest BCUT2D eigenvalue weighted by Gasteiger charge is 2.46. The Kier molecular flexibility index (Phi) is 6.89. The lowest BCUT2D eigenvalue weighted by molar-refractivity contribution is -0.302. The molecule has 1 saturated heterocycles. The summed E-state index contributed by atoms with van der Waals surface area (Å²) in [7, 11) is 0. The van der Waals surface area contributed by atoms with Crippen LogP contribution in [0.25, 0.3) is 0 Å². The normalized spacial score (nSPS) is 23.5. The van der Waals surface area contributed by atoms with E-state index in [2.05, 4.69) is 0 Å². The molecule has 1 aliphatic rings. The number of halogens is 1. The van der Waals surface area contributed by atoms with Crippen LogP contribution in [-0.4, -0.2) is 56.1 Å². The zero-order valence-corrected chi connectivity index (χ0v) is 17.0. The second-order valence-electron chi connectivity index (χ2n) is 8.01. The van der Waals surface area contributed by atoms with Crippen LogP contribution in [-0.2, 0) is 19.5 Å². The van der Waals surface area contributed by atoms with Crippen LogP contribution >= 0.6 is 22.6 Å². The molecule has 1 aliphatic heterocycles. The van der Waals surface area contributed by atoms with Crippen molar-refractivity contribution in [1.82, 2.24) is 5.06 Å². The number of hydroxylamine groups is 2. The van der Waals surface area contributed by atoms with Gasteiger partial charge in [-0.05, 0) is 54.4 Å². The number of hydrogen-bond donors (Lipinski definition) is 1. The van der Waals surface area contributed by atoms with Crippen LogP contribution in [0.1, 0.15) is 54.4 Å². The summed E-state index contributed by atoms with van der Waals surface area (Å²) in [5.41, 5.74) is -1.01. The Labute approximate surface area is 152 Å². The van der Waals surface area contributed by atoms with Crippen molar-refractivity contribution in [1.29, 1.82) is 0 Å². The van der Waals surface area contributed by atoms with E-state index < -0.39 is 20.6 Å². The Morgan fingerprint density at radius 2 is 1.74 bits per heavy atom. The summed E-state index contributed by atoms with van der Waals surface area (Å²) in [6.07, 6.45) is 0.242. The standard InChI is InChI=1S/C16H29INO5/c1-14(2)7-12(8-15(3,4)18(14)21)22-9-11(19)10-23-13(20)16(5,6)17/h11-12,19H,7-10H2,1-6H3. The molecule has 0 bridgehead atoms. The second kappa shape index (κ2) is 7.51. The average molecular weight is 442 g/mol. The largest absolute Gasteiger partial charge is 0.462 e. The first-order chi connectivity index (χ1) is 10.3. The molecule has 1 atom stereocenters. The number of esters is 1. The van der Waals surface area contributed by atoms with Crippen LogP contribution < -0.4 is 0 Å². The molecular weight excluding hydrogens is 413 g/mol. The number of aliphatic hydroxyl groups is 1. The first-order valence-corrected chi connectivity index (χ1v) is 8.97. The van der Waals surface area contributed by atoms with Gasteiger partial charge >= 0.3 is 5.97 Å². The molecule has 0 aromatic carbocycles. The van der Waals surface area contributed by atoms with E-state index in [-0.39, 0.29) is 25.3 Å². The van der Waals surface area contributed by atoms with Crippen molar-refractivity contribution in [3.63, 3.8) is 0 Å². The highest BCUT2D eigenvalue weighted by molar-refractivity contribution is 14.1. The van der Waals surface area contributed by atoms with Crippen LogP contribution in [0.2, 0.25) is 0 Å². The van der Waals surface area contributed by atoms with Crippen LogP contribution in [0, 0.1) is 0 Å². The van der Waals surface area contributed by atoms with Crippen molar-refractivity contribution in [2.45, 2.75) is 81.1 Å². The zero-order valence-electron chi connectivity index (χ0n) is 14.9. The summed E-state index contributed by atoms with van der Waals surface area (Å²) in [5.74, 6) is -0.362. The molecule has 1 heterocycles. The molecule has 0 spiro atoms. The smallest absolute Gasteiger partial charge is 0.321 e. The van der Waals surface area contributed by atoms with Gasteiger partial charge < -0.3 is 14.6 Å². The maximum absolute atomic E-state index is 12.3. The molecule has 0 aromatic rings. The minimum absolute atomic E-state index is 0.0849. The van der Waals surface area contributed by atoms with Gasteiger partial charge in [-0.15, -0.1) is 10.3 Å². The number of piperidine rings is 1. The van der Waals surface area contributed by atoms with Gasteiger partial charge in [0, 0.05) is 11.1 Å². The van der Waals surface area contributed by atoms with Crippen molar-refractivity contribution >= 4 is 28.6 Å². The van der Waals surface area contributed by atoms with Crippen LogP contribution in [0.5, 0.6) is 0 Å². The molecule has 7 heteroatoms. The monoisotopic (exact) mass is 442 g/mol. The van der Waals surface area contributed by atoms with Gasteiger partial charge in [-0.25, -0.2) is 0 Å². The van der Waals surface area contributed by atoms with E-state index in [1.165, 1.54) is 0 Å². The van der Waals surface area contributed by atoms with Crippen molar-refractivity contribution in [3.05, 3.63) is 0 Å². The predicted octanol–water partition coefficient (Wildman–Crippen LogP) is 2.49. The Balaban J connectivity index is 2.44. The Bertz CT molecular complexity index is 401. The number of ether oxygens (including phenoxy) is 2. The van der Waals surface area contributed by atoms with Gasteiger partial charge in [0.2, 0.25) is 0 Å². The summed E-state index contributed by atoms with van der Waals surface area (Å²) in [6, 6.07) is 0. The van der Waals surface area contributed by atoms with Crippen molar-refractivity contribution < 1.29 is 24.6 Å². The van der Waals surface area contributed by atoms with Gasteiger partial charge in [0.1, 0.15) is 16.1 Å². The molecule has 1 fully saturated rings. The van der Waals surface area contributed by atoms with Crippen LogP contribution in [0.3, 0.4) is 0 Å². The molecule has 1 rings (SSSR count). The van der Waals surface area contributed by atoms with Gasteiger partial charge in [-0.3, -0.25) is 4.79 Å². The van der Waals surface area contributed by atoms with Gasteiger partial charge in [-0.1, -0.05) is 22.6 Å². The van der Waals surface area contributed by atoms with E-state index in [0.717, 1.165) is 5.06 Å². The number of rotatable bonds is 6. The zero-order chi connectivity index (χ0) is 18.1. The molecule has 23 heavy (non-hydrogen) atoms. The van der Waals surface area contributed by atoms with Crippen LogP contribution in [0.15, 0.2) is 0 Å². The van der Waals surface area contributed by atoms with Crippen molar-refractivity contribution in [3.8, 4) is 0 Å². The second-order valence-corrected chi connectivity index (χ2v) is 10.7. The van der Waals surface area contributed by atoms with Crippen molar-refractivity contribution in [2.24, 2.45) is 0 Å². The fourth-order valence-corrected chi connectivity index (χ4v) is 3.08. The summed E-state index contributed by atoms with van der Waals surface area (Å²) in [6.45, 7) is 11.1. The van der Waals surface area contributed by atoms with Gasteiger partial charge in [0.25, 0.3) is 0 Å². The van der Waals surface area contributed by atoms with E-state index in [1.54, 1.807) is 13.8 Å². The minimum atomic E-state index is -0.866. The first-order valence-electron chi connectivity index (χ1n) is 7.89. The van der Waals surface area contributed by atoms with E-state index in [1.807, 2.05) is 50.3 Å². The molecule has 0 amide bonds. The van der Waals surface area contributed by atoms with Gasteiger partial charge in [0.05, 0.1) is 12.7 Å². The lowest BCUT2D eigenvalue weighted by Crippen LogP contribution is -2.60. The maximum Gasteiger partial charge on any atom is 0.321 e. The fourth-order valence-electron chi connectivity index (χ4n) is 2.93. The Morgan fingerprint density at radius 3 is 2.17 bits per heavy atom. The number of carbonyl (C=O) groups is 1. The van der Waals surface area contributed by atoms with E-state index >= 15 is 0 Å². The topological polar surface area (TPSA) is 78.9 Å². The molecule has 0 saturated carbocycles. The highest BCUT2D eigenvalue weighted by Crippen LogP contribution is 2.38. The third-order valence-electron chi connectivity index (χ3n) is 3.97. The highest BCUT2D eigenvalue weighted by atomic mass is 127. The summed E-state index contributed by atoms with van der Waals surface area (Å²) in [4.78, 5) is 11.7. The van der Waals surface area contributed by atoms with E-state index in [0.29, 0.717) is 12.8 Å². The average Bonchev–Trinajstić information content (AvgIpc) is 2.38. The molecule has 135 valence electrons. The summed E-state index contributed by atoms with van der Waals surface area (Å²) < 4.78 is 10.2. The quantitative estimate of drug-likeness (QED) is 0.389. The molecule has 6 nitrogen and oxygen atoms in total. The number of nitrogens with zero attached hydrogens (tertiary/aromatic N) is 1. The fraction of sp³-hybridized carbons (Fsp3) is 0.938. The Hall–Kier alpha value is 0.0400. The SMILES string of the molecule is CC(C)(I)C(=O)OCC(O)COC1CC(C)(C)N([O])C(C)(C)C1. The van der Waals surface area contributed by atoms with Crippen LogP contribution in [0.4, 0.5) is 0 Å². The molecule has 1 radical (unpaired) electrons. The third-order valence-corrected chi connectivity index (χ3v) is 4.41. The van der Waals surface area contributed by atoms with Gasteiger partial charge in [0.15, 0.2) is 0 Å². The number of alkyl halides is 1. The third kappa shape index (κ3) is 6.12. The van der Waals surface area contributed by atoms with Gasteiger partial charge in [-0.2, -0.15) is 0 Å². The lowest BCUT2D eigenvalue weighted by atomic mass is 9.80.